The summed E-state index contributed by atoms with van der Waals surface area (Å²) in [4.78, 5) is 16.1. The molecule has 0 bridgehead atoms. The predicted octanol–water partition coefficient (Wildman–Crippen LogP) is 2.48. The van der Waals surface area contributed by atoms with Crippen molar-refractivity contribution in [2.45, 2.75) is 32.8 Å². The monoisotopic (exact) mass is 237 g/mol. The van der Waals surface area contributed by atoms with E-state index in [9.17, 15) is 4.79 Å². The molecule has 0 spiro atoms. The molecule has 0 aromatic carbocycles. The maximum Gasteiger partial charge on any atom is 0.195 e. The van der Waals surface area contributed by atoms with E-state index < -0.39 is 5.60 Å². The maximum atomic E-state index is 12.1. The quantitative estimate of drug-likeness (QED) is 0.713. The smallest absolute Gasteiger partial charge is 0.195 e. The summed E-state index contributed by atoms with van der Waals surface area (Å²) in [6.07, 6.45) is 4.05. The van der Waals surface area contributed by atoms with Crippen LogP contribution in [0, 0.1) is 0 Å². The number of Topliss-reactive ketones (excluding diaryl/α,β-unsaturated/α-hetero) is 1. The zero-order valence-electron chi connectivity index (χ0n) is 10.8. The number of carbonyl (C=O) groups is 1. The van der Waals surface area contributed by atoms with Crippen LogP contribution in [0.3, 0.4) is 0 Å². The number of hydrogen-bond donors (Lipinski definition) is 0. The van der Waals surface area contributed by atoms with Crippen LogP contribution in [-0.4, -0.2) is 30.1 Å². The minimum Gasteiger partial charge on any atom is -0.492 e. The Hall–Kier alpha value is -1.42. The molecule has 0 fully saturated rings. The van der Waals surface area contributed by atoms with Crippen LogP contribution in [0.1, 0.15) is 37.6 Å². The lowest BCUT2D eigenvalue weighted by atomic mass is 9.98. The largest absolute Gasteiger partial charge is 0.492 e. The van der Waals surface area contributed by atoms with Gasteiger partial charge >= 0.3 is 0 Å². The van der Waals surface area contributed by atoms with Crippen molar-refractivity contribution in [1.82, 2.24) is 4.98 Å². The lowest BCUT2D eigenvalue weighted by molar-refractivity contribution is 0.0227. The molecule has 0 unspecified atom stereocenters. The topological polar surface area (TPSA) is 48.4 Å². The van der Waals surface area contributed by atoms with Crippen molar-refractivity contribution < 1.29 is 14.3 Å². The van der Waals surface area contributed by atoms with Gasteiger partial charge in [-0.1, -0.05) is 6.92 Å². The molecule has 4 nitrogen and oxygen atoms in total. The van der Waals surface area contributed by atoms with Crippen molar-refractivity contribution in [2.75, 3.05) is 13.7 Å². The maximum absolute atomic E-state index is 12.1. The highest BCUT2D eigenvalue weighted by Gasteiger charge is 2.28. The van der Waals surface area contributed by atoms with Gasteiger partial charge in [-0.05, 0) is 26.3 Å². The predicted molar refractivity (Wildman–Crippen MR) is 65.4 cm³/mol. The second kappa shape index (κ2) is 5.77. The Bertz CT molecular complexity index is 388. The van der Waals surface area contributed by atoms with Gasteiger partial charge in [0.15, 0.2) is 5.78 Å². The van der Waals surface area contributed by atoms with E-state index in [2.05, 4.69) is 4.98 Å². The van der Waals surface area contributed by atoms with Crippen molar-refractivity contribution >= 4 is 5.78 Å². The lowest BCUT2D eigenvalue weighted by Crippen LogP contribution is -2.33. The molecule has 1 aromatic rings. The van der Waals surface area contributed by atoms with Crippen LogP contribution in [0.15, 0.2) is 18.5 Å². The minimum absolute atomic E-state index is 0.102. The van der Waals surface area contributed by atoms with E-state index in [1.165, 1.54) is 13.3 Å². The van der Waals surface area contributed by atoms with E-state index in [0.717, 1.165) is 6.42 Å². The van der Waals surface area contributed by atoms with Gasteiger partial charge in [0.2, 0.25) is 0 Å². The Labute approximate surface area is 102 Å². The van der Waals surface area contributed by atoms with E-state index >= 15 is 0 Å². The SMILES string of the molecule is CCCOc1cncc(C(=O)C(C)(C)OC)c1. The molecule has 0 aliphatic rings. The Kier molecular flexibility index (Phi) is 4.63. The van der Waals surface area contributed by atoms with E-state index in [1.807, 2.05) is 6.92 Å². The van der Waals surface area contributed by atoms with E-state index in [-0.39, 0.29) is 5.78 Å². The van der Waals surface area contributed by atoms with Crippen molar-refractivity contribution in [3.8, 4) is 5.75 Å². The zero-order chi connectivity index (χ0) is 12.9. The fourth-order valence-electron chi connectivity index (χ4n) is 1.28. The molecule has 0 saturated carbocycles. The second-order valence-electron chi connectivity index (χ2n) is 4.30. The van der Waals surface area contributed by atoms with Crippen molar-refractivity contribution in [2.24, 2.45) is 0 Å². The number of rotatable bonds is 6. The first-order valence-corrected chi connectivity index (χ1v) is 5.69. The standard InChI is InChI=1S/C13H19NO3/c1-5-6-17-11-7-10(8-14-9-11)12(15)13(2,3)16-4/h7-9H,5-6H2,1-4H3. The number of pyridine rings is 1. The Morgan fingerprint density at radius 1 is 1.41 bits per heavy atom. The van der Waals surface area contributed by atoms with Gasteiger partial charge in [0.1, 0.15) is 11.4 Å². The number of carbonyl (C=O) groups excluding carboxylic acids is 1. The third-order valence-corrected chi connectivity index (χ3v) is 2.51. The minimum atomic E-state index is -0.842. The van der Waals surface area contributed by atoms with Gasteiger partial charge in [-0.25, -0.2) is 0 Å². The molecule has 4 heteroatoms. The third-order valence-electron chi connectivity index (χ3n) is 2.51. The molecule has 17 heavy (non-hydrogen) atoms. The number of aromatic nitrogens is 1. The molecule has 0 atom stereocenters. The Morgan fingerprint density at radius 2 is 2.12 bits per heavy atom. The average molecular weight is 237 g/mol. The summed E-state index contributed by atoms with van der Waals surface area (Å²) >= 11 is 0. The van der Waals surface area contributed by atoms with E-state index in [4.69, 9.17) is 9.47 Å². The molecule has 94 valence electrons. The first-order valence-electron chi connectivity index (χ1n) is 5.69. The zero-order valence-corrected chi connectivity index (χ0v) is 10.8. The summed E-state index contributed by atoms with van der Waals surface area (Å²) in [5, 5.41) is 0. The van der Waals surface area contributed by atoms with E-state index in [0.29, 0.717) is 17.9 Å². The molecule has 1 aromatic heterocycles. The molecule has 0 radical (unpaired) electrons. The fraction of sp³-hybridized carbons (Fsp3) is 0.538. The van der Waals surface area contributed by atoms with Crippen LogP contribution in [0.4, 0.5) is 0 Å². The van der Waals surface area contributed by atoms with Gasteiger partial charge in [-0.15, -0.1) is 0 Å². The molecule has 0 amide bonds. The second-order valence-corrected chi connectivity index (χ2v) is 4.30. The summed E-state index contributed by atoms with van der Waals surface area (Å²) in [6.45, 7) is 6.10. The third kappa shape index (κ3) is 3.53. The molecule has 1 rings (SSSR count). The molecular weight excluding hydrogens is 218 g/mol. The Morgan fingerprint density at radius 3 is 2.71 bits per heavy atom. The van der Waals surface area contributed by atoms with E-state index in [1.54, 1.807) is 26.1 Å². The van der Waals surface area contributed by atoms with Gasteiger partial charge in [-0.2, -0.15) is 0 Å². The molecular formula is C13H19NO3. The van der Waals surface area contributed by atoms with Gasteiger partial charge < -0.3 is 9.47 Å². The first-order chi connectivity index (χ1) is 8.01. The van der Waals surface area contributed by atoms with Crippen molar-refractivity contribution in [1.29, 1.82) is 0 Å². The molecule has 0 N–H and O–H groups in total. The molecule has 1 heterocycles. The van der Waals surface area contributed by atoms with Crippen molar-refractivity contribution in [3.05, 3.63) is 24.0 Å². The highest BCUT2D eigenvalue weighted by atomic mass is 16.5. The van der Waals surface area contributed by atoms with Gasteiger partial charge in [0, 0.05) is 18.9 Å². The highest BCUT2D eigenvalue weighted by molar-refractivity contribution is 6.01. The van der Waals surface area contributed by atoms with Gasteiger partial charge in [0.05, 0.1) is 12.8 Å². The fourth-order valence-corrected chi connectivity index (χ4v) is 1.28. The molecule has 0 aliphatic heterocycles. The van der Waals surface area contributed by atoms with Crippen LogP contribution >= 0.6 is 0 Å². The number of nitrogens with zero attached hydrogens (tertiary/aromatic N) is 1. The van der Waals surface area contributed by atoms with Crippen LogP contribution < -0.4 is 4.74 Å². The normalized spacial score (nSPS) is 11.3. The Balaban J connectivity index is 2.88. The van der Waals surface area contributed by atoms with Crippen molar-refractivity contribution in [3.63, 3.8) is 0 Å². The number of ether oxygens (including phenoxy) is 2. The average Bonchev–Trinajstić information content (AvgIpc) is 2.35. The lowest BCUT2D eigenvalue weighted by Gasteiger charge is -2.21. The van der Waals surface area contributed by atoms with Crippen LogP contribution in [0.2, 0.25) is 0 Å². The summed E-state index contributed by atoms with van der Waals surface area (Å²) < 4.78 is 10.6. The van der Waals surface area contributed by atoms with Gasteiger partial charge in [-0.3, -0.25) is 9.78 Å². The molecule has 0 aliphatic carbocycles. The number of methoxy groups -OCH3 is 1. The highest BCUT2D eigenvalue weighted by Crippen LogP contribution is 2.19. The number of hydrogen-bond acceptors (Lipinski definition) is 4. The van der Waals surface area contributed by atoms with Crippen LogP contribution in [0.5, 0.6) is 5.75 Å². The molecule has 0 saturated heterocycles. The van der Waals surface area contributed by atoms with Crippen LogP contribution in [0.25, 0.3) is 0 Å². The summed E-state index contributed by atoms with van der Waals surface area (Å²) in [7, 11) is 1.52. The summed E-state index contributed by atoms with van der Waals surface area (Å²) in [5.41, 5.74) is -0.337. The first kappa shape index (κ1) is 13.6. The van der Waals surface area contributed by atoms with Crippen LogP contribution in [-0.2, 0) is 4.74 Å². The van der Waals surface area contributed by atoms with Gasteiger partial charge in [0.25, 0.3) is 0 Å². The summed E-state index contributed by atoms with van der Waals surface area (Å²) in [5.74, 6) is 0.513. The number of ketones is 1. The summed E-state index contributed by atoms with van der Waals surface area (Å²) in [6, 6.07) is 1.70.